The highest BCUT2D eigenvalue weighted by Crippen LogP contribution is 2.45. The number of hydrogen-bond donors (Lipinski definition) is 1. The van der Waals surface area contributed by atoms with E-state index in [1.807, 2.05) is 6.92 Å². The van der Waals surface area contributed by atoms with E-state index in [1.165, 1.54) is 0 Å². The summed E-state index contributed by atoms with van der Waals surface area (Å²) in [6.45, 7) is 6.99. The Bertz CT molecular complexity index is 2170. The highest BCUT2D eigenvalue weighted by atomic mass is 35.5. The molecular formula is C34H32Cl2FN9O. The van der Waals surface area contributed by atoms with Crippen molar-refractivity contribution >= 4 is 67.8 Å². The van der Waals surface area contributed by atoms with Crippen molar-refractivity contribution in [3.8, 4) is 29.0 Å². The highest BCUT2D eigenvalue weighted by molar-refractivity contribution is 6.36. The number of nitrogens with zero attached hydrogens (tertiary/aromatic N) is 8. The van der Waals surface area contributed by atoms with Crippen LogP contribution in [0.3, 0.4) is 0 Å². The lowest BCUT2D eigenvalue weighted by Gasteiger charge is -2.38. The first-order valence-corrected chi connectivity index (χ1v) is 16.3. The van der Waals surface area contributed by atoms with Crippen LogP contribution >= 0.6 is 23.2 Å². The van der Waals surface area contributed by atoms with Crippen molar-refractivity contribution in [3.63, 3.8) is 0 Å². The van der Waals surface area contributed by atoms with Crippen LogP contribution < -0.4 is 4.90 Å². The summed E-state index contributed by atoms with van der Waals surface area (Å²) in [5, 5.41) is 18.7. The average molecular weight is 673 g/mol. The molecule has 3 aromatic heterocycles. The average Bonchev–Trinajstić information content (AvgIpc) is 3.71. The van der Waals surface area contributed by atoms with E-state index in [0.29, 0.717) is 76.2 Å². The third-order valence-electron chi connectivity index (χ3n) is 9.57. The molecule has 2 aliphatic rings. The van der Waals surface area contributed by atoms with Crippen LogP contribution in [0.4, 0.5) is 10.2 Å². The molecule has 0 spiro atoms. The van der Waals surface area contributed by atoms with Crippen molar-refractivity contribution in [1.82, 2.24) is 34.5 Å². The van der Waals surface area contributed by atoms with Crippen molar-refractivity contribution in [2.45, 2.75) is 45.2 Å². The number of fused-ring (bicyclic) bond motifs is 4. The summed E-state index contributed by atoms with van der Waals surface area (Å²) in [4.78, 5) is 28.7. The molecule has 0 bridgehead atoms. The van der Waals surface area contributed by atoms with Crippen LogP contribution in [-0.2, 0) is 4.79 Å². The van der Waals surface area contributed by atoms with Crippen LogP contribution in [0.5, 0.6) is 0 Å². The number of aromatic nitrogens is 5. The van der Waals surface area contributed by atoms with Crippen LogP contribution in [0.2, 0.25) is 10.0 Å². The molecule has 2 aliphatic heterocycles. The fourth-order valence-corrected chi connectivity index (χ4v) is 7.60. The van der Waals surface area contributed by atoms with Crippen molar-refractivity contribution in [1.29, 1.82) is 5.26 Å². The molecule has 2 aromatic carbocycles. The zero-order valence-corrected chi connectivity index (χ0v) is 27.8. The van der Waals surface area contributed by atoms with Gasteiger partial charge in [-0.3, -0.25) is 9.89 Å². The number of carbonyl (C=O) groups excluding carboxylic acids is 1. The van der Waals surface area contributed by atoms with Gasteiger partial charge in [0.25, 0.3) is 5.91 Å². The van der Waals surface area contributed by atoms with Crippen LogP contribution in [0, 0.1) is 35.9 Å². The van der Waals surface area contributed by atoms with Gasteiger partial charge in [-0.15, -0.1) is 0 Å². The Kier molecular flexibility index (Phi) is 8.17. The number of benzene rings is 2. The maximum atomic E-state index is 17.2. The number of pyridine rings is 1. The standard InChI is InChI=1S/C34H32Cl2FN9O/c1-4-5-27(47)45-9-7-21(14-20(45)6-8-38)46-18-39-32-33(46)22-15-25(36)29(28-19(2)24(35)16-26-23(28)17-40-42-26)30(37)31(22)41-34(32)44-12-10-43(3)11-13-44/h15-18,20-21H,6-7,9-14H2,1-3H3,(H,40,42)/t20-,21+/m1/s1. The summed E-state index contributed by atoms with van der Waals surface area (Å²) < 4.78 is 19.2. The molecule has 1 amide bonds. The number of amides is 1. The van der Waals surface area contributed by atoms with Gasteiger partial charge in [0, 0.05) is 71.7 Å². The van der Waals surface area contributed by atoms with E-state index in [2.05, 4.69) is 49.5 Å². The van der Waals surface area contributed by atoms with Gasteiger partial charge in [-0.1, -0.05) is 29.1 Å². The highest BCUT2D eigenvalue weighted by Gasteiger charge is 2.34. The van der Waals surface area contributed by atoms with Gasteiger partial charge < -0.3 is 19.3 Å². The number of halogens is 3. The Labute approximate surface area is 281 Å². The summed E-state index contributed by atoms with van der Waals surface area (Å²) in [5.74, 6) is 5.08. The second kappa shape index (κ2) is 12.3. The number of nitriles is 1. The first kappa shape index (κ1) is 31.2. The number of piperazine rings is 1. The van der Waals surface area contributed by atoms with Crippen LogP contribution in [0.15, 0.2) is 24.7 Å². The molecule has 13 heteroatoms. The van der Waals surface area contributed by atoms with E-state index in [0.717, 1.165) is 18.6 Å². The maximum absolute atomic E-state index is 17.2. The van der Waals surface area contributed by atoms with E-state index in [4.69, 9.17) is 33.2 Å². The van der Waals surface area contributed by atoms with E-state index in [1.54, 1.807) is 36.5 Å². The number of piperidine rings is 1. The number of hydrogen-bond acceptors (Lipinski definition) is 7. The van der Waals surface area contributed by atoms with Crippen molar-refractivity contribution in [2.75, 3.05) is 44.7 Å². The first-order valence-electron chi connectivity index (χ1n) is 15.6. The van der Waals surface area contributed by atoms with Crippen molar-refractivity contribution < 1.29 is 9.18 Å². The fraction of sp³-hybridized carbons (Fsp3) is 0.382. The summed E-state index contributed by atoms with van der Waals surface area (Å²) in [7, 11) is 2.08. The summed E-state index contributed by atoms with van der Waals surface area (Å²) in [6, 6.07) is 5.36. The quantitative estimate of drug-likeness (QED) is 0.230. The second-order valence-electron chi connectivity index (χ2n) is 12.3. The minimum Gasteiger partial charge on any atom is -0.352 e. The maximum Gasteiger partial charge on any atom is 0.298 e. The minimum atomic E-state index is -0.550. The number of aromatic amines is 1. The molecule has 0 unspecified atom stereocenters. The number of H-pyrrole nitrogens is 1. The summed E-state index contributed by atoms with van der Waals surface area (Å²) >= 11 is 13.6. The third kappa shape index (κ3) is 5.23. The largest absolute Gasteiger partial charge is 0.352 e. The minimum absolute atomic E-state index is 0.106. The molecule has 240 valence electrons. The lowest BCUT2D eigenvalue weighted by atomic mass is 9.93. The van der Waals surface area contributed by atoms with Gasteiger partial charge >= 0.3 is 0 Å². The van der Waals surface area contributed by atoms with Gasteiger partial charge in [0.2, 0.25) is 0 Å². The Hall–Kier alpha value is -4.42. The Morgan fingerprint density at radius 1 is 1.11 bits per heavy atom. The lowest BCUT2D eigenvalue weighted by Crippen LogP contribution is -2.46. The monoisotopic (exact) mass is 671 g/mol. The zero-order chi connectivity index (χ0) is 33.0. The molecule has 2 atom stereocenters. The van der Waals surface area contributed by atoms with Crippen molar-refractivity contribution in [2.24, 2.45) is 0 Å². The fourth-order valence-electron chi connectivity index (χ4n) is 7.10. The predicted octanol–water partition coefficient (Wildman–Crippen LogP) is 6.10. The molecule has 5 aromatic rings. The molecular weight excluding hydrogens is 640 g/mol. The van der Waals surface area contributed by atoms with E-state index in [9.17, 15) is 10.1 Å². The smallest absolute Gasteiger partial charge is 0.298 e. The number of nitrogens with one attached hydrogen (secondary N) is 1. The Morgan fingerprint density at radius 3 is 2.64 bits per heavy atom. The number of rotatable bonds is 4. The zero-order valence-electron chi connectivity index (χ0n) is 26.2. The molecule has 7 rings (SSSR count). The van der Waals surface area contributed by atoms with E-state index >= 15 is 4.39 Å². The molecule has 0 saturated carbocycles. The molecule has 1 N–H and O–H groups in total. The molecule has 0 radical (unpaired) electrons. The summed E-state index contributed by atoms with van der Waals surface area (Å²) in [5.41, 5.74) is 3.70. The molecule has 5 heterocycles. The molecule has 2 saturated heterocycles. The lowest BCUT2D eigenvalue weighted by molar-refractivity contribution is -0.129. The first-order chi connectivity index (χ1) is 22.7. The molecule has 47 heavy (non-hydrogen) atoms. The number of anilines is 1. The topological polar surface area (TPSA) is 110 Å². The number of likely N-dealkylation sites (tertiary alicyclic amines) is 1. The van der Waals surface area contributed by atoms with Gasteiger partial charge in [0.05, 0.1) is 41.1 Å². The summed E-state index contributed by atoms with van der Waals surface area (Å²) in [6.07, 6.45) is 4.75. The Morgan fingerprint density at radius 2 is 1.89 bits per heavy atom. The van der Waals surface area contributed by atoms with Crippen molar-refractivity contribution in [3.05, 3.63) is 46.1 Å². The third-order valence-corrected chi connectivity index (χ3v) is 10.3. The normalized spacial score (nSPS) is 18.9. The van der Waals surface area contributed by atoms with Gasteiger partial charge in [-0.2, -0.15) is 10.4 Å². The molecule has 10 nitrogen and oxygen atoms in total. The second-order valence-corrected chi connectivity index (χ2v) is 13.1. The molecule has 0 aliphatic carbocycles. The number of carbonyl (C=O) groups is 1. The van der Waals surface area contributed by atoms with Crippen LogP contribution in [0.25, 0.3) is 44.0 Å². The van der Waals surface area contributed by atoms with Crippen LogP contribution in [-0.4, -0.2) is 86.3 Å². The van der Waals surface area contributed by atoms with Gasteiger partial charge in [-0.05, 0) is 57.4 Å². The van der Waals surface area contributed by atoms with Crippen LogP contribution in [0.1, 0.15) is 37.8 Å². The predicted molar refractivity (Wildman–Crippen MR) is 182 cm³/mol. The number of imidazole rings is 1. The SMILES string of the molecule is CC#CC(=O)N1CC[C@H](n2cnc3c(N4CCN(C)CC4)nc4c(F)c(-c5c(C)c(Cl)cc6[nH]ncc56)c(Cl)cc4c32)C[C@H]1CC#N. The van der Waals surface area contributed by atoms with E-state index in [-0.39, 0.29) is 40.5 Å². The van der Waals surface area contributed by atoms with Gasteiger partial charge in [-0.25, -0.2) is 14.4 Å². The van der Waals surface area contributed by atoms with Gasteiger partial charge in [0.15, 0.2) is 11.6 Å². The van der Waals surface area contributed by atoms with E-state index < -0.39 is 5.82 Å². The molecule has 2 fully saturated rings. The van der Waals surface area contributed by atoms with Gasteiger partial charge in [0.1, 0.15) is 11.0 Å². The number of likely N-dealkylation sites (N-methyl/N-ethyl adjacent to an activating group) is 1. The Balaban J connectivity index is 1.45.